The highest BCUT2D eigenvalue weighted by Crippen LogP contribution is 2.30. The van der Waals surface area contributed by atoms with E-state index in [2.05, 4.69) is 10.3 Å². The first-order valence-electron chi connectivity index (χ1n) is 6.89. The van der Waals surface area contributed by atoms with E-state index >= 15 is 0 Å². The summed E-state index contributed by atoms with van der Waals surface area (Å²) in [6, 6.07) is 0. The van der Waals surface area contributed by atoms with Gasteiger partial charge < -0.3 is 10.2 Å². The van der Waals surface area contributed by atoms with Crippen LogP contribution in [0.15, 0.2) is 11.6 Å². The zero-order valence-corrected chi connectivity index (χ0v) is 13.0. The molecule has 6 heteroatoms. The molecule has 0 spiro atoms. The van der Waals surface area contributed by atoms with Crippen LogP contribution >= 0.6 is 11.3 Å². The molecule has 1 heterocycles. The number of carbonyl (C=O) groups excluding carboxylic acids is 2. The maximum atomic E-state index is 12.4. The summed E-state index contributed by atoms with van der Waals surface area (Å²) in [6.07, 6.45) is 4.64. The van der Waals surface area contributed by atoms with Crippen molar-refractivity contribution in [3.8, 4) is 0 Å². The second-order valence-corrected chi connectivity index (χ2v) is 7.00. The molecule has 1 aliphatic rings. The minimum Gasteiger partial charge on any atom is -0.328 e. The average Bonchev–Trinajstić information content (AvgIpc) is 2.74. The Morgan fingerprint density at radius 3 is 2.60 bits per heavy atom. The summed E-state index contributed by atoms with van der Waals surface area (Å²) >= 11 is 1.37. The molecule has 1 aliphatic carbocycles. The van der Waals surface area contributed by atoms with Gasteiger partial charge in [-0.3, -0.25) is 9.59 Å². The van der Waals surface area contributed by atoms with Crippen LogP contribution in [0.1, 0.15) is 40.0 Å². The fraction of sp³-hybridized carbons (Fsp3) is 0.643. The molecule has 0 aliphatic heterocycles. The number of thiazole rings is 1. The number of aromatic nitrogens is 1. The highest BCUT2D eigenvalue weighted by molar-refractivity contribution is 7.13. The normalized spacial score (nSPS) is 15.6. The lowest BCUT2D eigenvalue weighted by atomic mass is 9.83. The Morgan fingerprint density at radius 1 is 1.45 bits per heavy atom. The smallest absolute Gasteiger partial charge is 0.245 e. The third-order valence-corrected chi connectivity index (χ3v) is 4.20. The van der Waals surface area contributed by atoms with Gasteiger partial charge >= 0.3 is 0 Å². The maximum Gasteiger partial charge on any atom is 0.245 e. The predicted octanol–water partition coefficient (Wildman–Crippen LogP) is 2.51. The number of carbonyl (C=O) groups is 2. The van der Waals surface area contributed by atoms with E-state index in [1.165, 1.54) is 11.3 Å². The van der Waals surface area contributed by atoms with Gasteiger partial charge in [0.2, 0.25) is 11.8 Å². The first kappa shape index (κ1) is 15.0. The zero-order valence-electron chi connectivity index (χ0n) is 12.2. The molecule has 0 atom stereocenters. The second kappa shape index (κ2) is 5.91. The summed E-state index contributed by atoms with van der Waals surface area (Å²) in [5.74, 6) is 0.00229. The van der Waals surface area contributed by atoms with Gasteiger partial charge in [0.15, 0.2) is 5.13 Å². The highest BCUT2D eigenvalue weighted by atomic mass is 32.1. The van der Waals surface area contributed by atoms with Crippen LogP contribution < -0.4 is 5.32 Å². The lowest BCUT2D eigenvalue weighted by Gasteiger charge is -2.39. The number of amides is 2. The fourth-order valence-corrected chi connectivity index (χ4v) is 2.65. The van der Waals surface area contributed by atoms with E-state index in [1.54, 1.807) is 16.5 Å². The van der Waals surface area contributed by atoms with Crippen molar-refractivity contribution in [1.29, 1.82) is 0 Å². The van der Waals surface area contributed by atoms with Crippen molar-refractivity contribution < 1.29 is 9.59 Å². The Morgan fingerprint density at radius 2 is 2.15 bits per heavy atom. The second-order valence-electron chi connectivity index (χ2n) is 6.11. The Bertz CT molecular complexity index is 475. The third-order valence-electron chi connectivity index (χ3n) is 3.51. The van der Waals surface area contributed by atoms with E-state index in [0.29, 0.717) is 5.13 Å². The van der Waals surface area contributed by atoms with Crippen LogP contribution in [0, 0.1) is 5.92 Å². The van der Waals surface area contributed by atoms with E-state index in [-0.39, 0.29) is 29.8 Å². The summed E-state index contributed by atoms with van der Waals surface area (Å²) in [7, 11) is 0. The number of rotatable bonds is 4. The molecule has 1 fully saturated rings. The molecule has 5 nitrogen and oxygen atoms in total. The van der Waals surface area contributed by atoms with Gasteiger partial charge in [-0.15, -0.1) is 11.3 Å². The Balaban J connectivity index is 2.00. The van der Waals surface area contributed by atoms with Gasteiger partial charge in [0, 0.05) is 23.0 Å². The van der Waals surface area contributed by atoms with Crippen molar-refractivity contribution >= 4 is 28.3 Å². The van der Waals surface area contributed by atoms with E-state index in [1.807, 2.05) is 20.8 Å². The largest absolute Gasteiger partial charge is 0.328 e. The molecule has 0 saturated heterocycles. The van der Waals surface area contributed by atoms with Crippen molar-refractivity contribution in [2.45, 2.75) is 45.6 Å². The number of nitrogens with zero attached hydrogens (tertiary/aromatic N) is 2. The van der Waals surface area contributed by atoms with Crippen LogP contribution in [0.3, 0.4) is 0 Å². The zero-order chi connectivity index (χ0) is 14.8. The molecular formula is C14H21N3O2S. The summed E-state index contributed by atoms with van der Waals surface area (Å²) in [4.78, 5) is 30.2. The van der Waals surface area contributed by atoms with E-state index in [0.717, 1.165) is 19.3 Å². The van der Waals surface area contributed by atoms with Crippen molar-refractivity contribution in [3.63, 3.8) is 0 Å². The van der Waals surface area contributed by atoms with Crippen molar-refractivity contribution in [2.24, 2.45) is 5.92 Å². The molecule has 1 aromatic rings. The van der Waals surface area contributed by atoms with Crippen molar-refractivity contribution in [2.75, 3.05) is 11.9 Å². The average molecular weight is 295 g/mol. The SMILES string of the molecule is CC(C)(C)N(CC(=O)Nc1nccs1)C(=O)C1CCC1. The van der Waals surface area contributed by atoms with Gasteiger partial charge in [-0.1, -0.05) is 6.42 Å². The van der Waals surface area contributed by atoms with Gasteiger partial charge in [-0.2, -0.15) is 0 Å². The summed E-state index contributed by atoms with van der Waals surface area (Å²) in [5.41, 5.74) is -0.354. The molecule has 1 aromatic heterocycles. The highest BCUT2D eigenvalue weighted by Gasteiger charge is 2.35. The fourth-order valence-electron chi connectivity index (χ4n) is 2.11. The molecular weight excluding hydrogens is 274 g/mol. The van der Waals surface area contributed by atoms with E-state index in [4.69, 9.17) is 0 Å². The monoisotopic (exact) mass is 295 g/mol. The minimum absolute atomic E-state index is 0.0818. The molecule has 20 heavy (non-hydrogen) atoms. The molecule has 2 rings (SSSR count). The van der Waals surface area contributed by atoms with Crippen LogP contribution in [0.4, 0.5) is 5.13 Å². The molecule has 0 aromatic carbocycles. The Labute approximate surface area is 123 Å². The Kier molecular flexibility index (Phi) is 4.42. The molecule has 0 bridgehead atoms. The van der Waals surface area contributed by atoms with Gasteiger partial charge in [-0.25, -0.2) is 4.98 Å². The van der Waals surface area contributed by atoms with Crippen molar-refractivity contribution in [3.05, 3.63) is 11.6 Å². The third kappa shape index (κ3) is 3.56. The molecule has 110 valence electrons. The quantitative estimate of drug-likeness (QED) is 0.928. The lowest BCUT2D eigenvalue weighted by Crippen LogP contribution is -2.52. The van der Waals surface area contributed by atoms with Crippen molar-refractivity contribution in [1.82, 2.24) is 9.88 Å². The van der Waals surface area contributed by atoms with E-state index < -0.39 is 0 Å². The minimum atomic E-state index is -0.354. The van der Waals surface area contributed by atoms with Crippen LogP contribution in [-0.2, 0) is 9.59 Å². The van der Waals surface area contributed by atoms with Crippen LogP contribution in [0.25, 0.3) is 0 Å². The molecule has 0 unspecified atom stereocenters. The van der Waals surface area contributed by atoms with E-state index in [9.17, 15) is 9.59 Å². The number of hydrogen-bond acceptors (Lipinski definition) is 4. The topological polar surface area (TPSA) is 62.3 Å². The number of nitrogens with one attached hydrogen (secondary N) is 1. The molecule has 1 N–H and O–H groups in total. The van der Waals surface area contributed by atoms with Crippen LogP contribution in [0.2, 0.25) is 0 Å². The molecule has 2 amide bonds. The van der Waals surface area contributed by atoms with Gasteiger partial charge in [0.1, 0.15) is 6.54 Å². The van der Waals surface area contributed by atoms with Crippen LogP contribution in [0.5, 0.6) is 0 Å². The molecule has 1 saturated carbocycles. The van der Waals surface area contributed by atoms with Crippen LogP contribution in [-0.4, -0.2) is 33.8 Å². The molecule has 0 radical (unpaired) electrons. The Hall–Kier alpha value is -1.43. The maximum absolute atomic E-state index is 12.4. The standard InChI is InChI=1S/C14H21N3O2S/c1-14(2,3)17(12(19)10-5-4-6-10)9-11(18)16-13-15-7-8-20-13/h7-8,10H,4-6,9H2,1-3H3,(H,15,16,18). The first-order chi connectivity index (χ1) is 9.38. The summed E-state index contributed by atoms with van der Waals surface area (Å²) in [5, 5.41) is 5.10. The number of anilines is 1. The summed E-state index contributed by atoms with van der Waals surface area (Å²) < 4.78 is 0. The first-order valence-corrected chi connectivity index (χ1v) is 7.77. The van der Waals surface area contributed by atoms with Gasteiger partial charge in [0.05, 0.1) is 0 Å². The number of hydrogen-bond donors (Lipinski definition) is 1. The van der Waals surface area contributed by atoms with Gasteiger partial charge in [-0.05, 0) is 33.6 Å². The summed E-state index contributed by atoms with van der Waals surface area (Å²) in [6.45, 7) is 5.96. The predicted molar refractivity (Wildman–Crippen MR) is 79.6 cm³/mol. The van der Waals surface area contributed by atoms with Gasteiger partial charge in [0.25, 0.3) is 0 Å². The lowest BCUT2D eigenvalue weighted by molar-refractivity contribution is -0.145.